The SMILES string of the molecule is CC(NC(=O)c1cccc(C(N)=NO)c1)c1nn[nH]n1. The van der Waals surface area contributed by atoms with E-state index in [1.165, 1.54) is 6.07 Å². The summed E-state index contributed by atoms with van der Waals surface area (Å²) >= 11 is 0. The molecule has 2 rings (SSSR count). The number of H-pyrrole nitrogens is 1. The summed E-state index contributed by atoms with van der Waals surface area (Å²) in [4.78, 5) is 12.1. The van der Waals surface area contributed by atoms with Crippen molar-refractivity contribution in [3.63, 3.8) is 0 Å². The number of tetrazole rings is 1. The van der Waals surface area contributed by atoms with Crippen LogP contribution in [-0.4, -0.2) is 37.6 Å². The molecule has 1 heterocycles. The fourth-order valence-corrected chi connectivity index (χ4v) is 1.57. The minimum Gasteiger partial charge on any atom is -0.409 e. The zero-order valence-corrected chi connectivity index (χ0v) is 10.6. The van der Waals surface area contributed by atoms with E-state index in [2.05, 4.69) is 31.1 Å². The molecule has 20 heavy (non-hydrogen) atoms. The molecule has 104 valence electrons. The Labute approximate surface area is 113 Å². The van der Waals surface area contributed by atoms with Gasteiger partial charge < -0.3 is 16.3 Å². The molecule has 1 atom stereocenters. The molecule has 1 aromatic heterocycles. The van der Waals surface area contributed by atoms with Gasteiger partial charge in [-0.05, 0) is 19.1 Å². The van der Waals surface area contributed by atoms with Gasteiger partial charge in [0.15, 0.2) is 11.7 Å². The lowest BCUT2D eigenvalue weighted by molar-refractivity contribution is 0.0938. The van der Waals surface area contributed by atoms with Gasteiger partial charge in [-0.15, -0.1) is 10.2 Å². The molecule has 0 fully saturated rings. The smallest absolute Gasteiger partial charge is 0.251 e. The van der Waals surface area contributed by atoms with Gasteiger partial charge in [0.05, 0.1) is 6.04 Å². The highest BCUT2D eigenvalue weighted by molar-refractivity contribution is 6.01. The van der Waals surface area contributed by atoms with E-state index in [-0.39, 0.29) is 11.7 Å². The van der Waals surface area contributed by atoms with Crippen LogP contribution in [0.4, 0.5) is 0 Å². The highest BCUT2D eigenvalue weighted by Crippen LogP contribution is 2.09. The second-order valence-corrected chi connectivity index (χ2v) is 4.03. The zero-order chi connectivity index (χ0) is 14.5. The van der Waals surface area contributed by atoms with Crippen molar-refractivity contribution in [1.29, 1.82) is 0 Å². The Morgan fingerprint density at radius 1 is 1.50 bits per heavy atom. The quantitative estimate of drug-likeness (QED) is 0.263. The number of nitrogens with one attached hydrogen (secondary N) is 2. The second-order valence-electron chi connectivity index (χ2n) is 4.03. The van der Waals surface area contributed by atoms with Crippen molar-refractivity contribution in [2.24, 2.45) is 10.9 Å². The molecule has 0 radical (unpaired) electrons. The predicted molar refractivity (Wildman–Crippen MR) is 69.0 cm³/mol. The lowest BCUT2D eigenvalue weighted by Gasteiger charge is -2.10. The Hall–Kier alpha value is -2.97. The zero-order valence-electron chi connectivity index (χ0n) is 10.6. The molecule has 0 aliphatic heterocycles. The molecule has 0 aliphatic carbocycles. The Morgan fingerprint density at radius 2 is 2.25 bits per heavy atom. The van der Waals surface area contributed by atoms with Gasteiger partial charge in [0.25, 0.3) is 5.91 Å². The van der Waals surface area contributed by atoms with Gasteiger partial charge in [0.2, 0.25) is 0 Å². The third-order valence-corrected chi connectivity index (χ3v) is 2.62. The number of amides is 1. The third-order valence-electron chi connectivity index (χ3n) is 2.62. The molecule has 9 nitrogen and oxygen atoms in total. The number of amidine groups is 1. The molecule has 0 spiro atoms. The highest BCUT2D eigenvalue weighted by Gasteiger charge is 2.15. The molecule has 2 aromatic rings. The number of aromatic amines is 1. The van der Waals surface area contributed by atoms with Crippen molar-refractivity contribution in [2.75, 3.05) is 0 Å². The molecule has 9 heteroatoms. The van der Waals surface area contributed by atoms with Crippen LogP contribution in [0.25, 0.3) is 0 Å². The van der Waals surface area contributed by atoms with Crippen LogP contribution in [0, 0.1) is 0 Å². The molecular weight excluding hydrogens is 262 g/mol. The summed E-state index contributed by atoms with van der Waals surface area (Å²) in [6.07, 6.45) is 0. The molecule has 5 N–H and O–H groups in total. The average Bonchev–Trinajstić information content (AvgIpc) is 3.00. The van der Waals surface area contributed by atoms with Gasteiger partial charge in [-0.3, -0.25) is 4.79 Å². The summed E-state index contributed by atoms with van der Waals surface area (Å²) in [5, 5.41) is 27.5. The van der Waals surface area contributed by atoms with Crippen LogP contribution in [0.5, 0.6) is 0 Å². The monoisotopic (exact) mass is 275 g/mol. The van der Waals surface area contributed by atoms with Crippen molar-refractivity contribution in [2.45, 2.75) is 13.0 Å². The lowest BCUT2D eigenvalue weighted by Crippen LogP contribution is -2.27. The van der Waals surface area contributed by atoms with Crippen LogP contribution < -0.4 is 11.1 Å². The first-order valence-corrected chi connectivity index (χ1v) is 5.74. The highest BCUT2D eigenvalue weighted by atomic mass is 16.4. The third kappa shape index (κ3) is 2.88. The standard InChI is InChI=1S/C11H13N7O2/c1-6(10-14-17-18-15-10)13-11(19)8-4-2-3-7(5-8)9(12)16-20/h2-6,20H,1H3,(H2,12,16)(H,13,19)(H,14,15,17,18). The Morgan fingerprint density at radius 3 is 2.90 bits per heavy atom. The normalized spacial score (nSPS) is 12.9. The Bertz CT molecular complexity index is 623. The molecule has 1 unspecified atom stereocenters. The maximum atomic E-state index is 12.1. The fraction of sp³-hybridized carbons (Fsp3) is 0.182. The maximum Gasteiger partial charge on any atom is 0.251 e. The van der Waals surface area contributed by atoms with Crippen molar-refractivity contribution >= 4 is 11.7 Å². The van der Waals surface area contributed by atoms with Crippen molar-refractivity contribution in [3.05, 3.63) is 41.2 Å². The summed E-state index contributed by atoms with van der Waals surface area (Å²) in [6, 6.07) is 6.02. The number of rotatable bonds is 4. The number of hydrogen-bond donors (Lipinski definition) is 4. The minimum absolute atomic E-state index is 0.0640. The van der Waals surface area contributed by atoms with E-state index in [1.54, 1.807) is 25.1 Å². The lowest BCUT2D eigenvalue weighted by atomic mass is 10.1. The topological polar surface area (TPSA) is 142 Å². The van der Waals surface area contributed by atoms with Gasteiger partial charge in [-0.25, -0.2) is 0 Å². The van der Waals surface area contributed by atoms with E-state index in [4.69, 9.17) is 10.9 Å². The summed E-state index contributed by atoms with van der Waals surface area (Å²) < 4.78 is 0. The second kappa shape index (κ2) is 5.78. The number of carbonyl (C=O) groups is 1. The Kier molecular flexibility index (Phi) is 3.89. The first kappa shape index (κ1) is 13.5. The largest absolute Gasteiger partial charge is 0.409 e. The number of aromatic nitrogens is 4. The van der Waals surface area contributed by atoms with E-state index in [0.717, 1.165) is 0 Å². The fourth-order valence-electron chi connectivity index (χ4n) is 1.57. The summed E-state index contributed by atoms with van der Waals surface area (Å²) in [5.74, 6) is -0.00769. The number of nitrogens with two attached hydrogens (primary N) is 1. The van der Waals surface area contributed by atoms with Gasteiger partial charge >= 0.3 is 0 Å². The van der Waals surface area contributed by atoms with Gasteiger partial charge in [-0.1, -0.05) is 22.5 Å². The molecule has 1 aromatic carbocycles. The summed E-state index contributed by atoms with van der Waals surface area (Å²) in [6.45, 7) is 1.73. The van der Waals surface area contributed by atoms with E-state index in [9.17, 15) is 4.79 Å². The van der Waals surface area contributed by atoms with Crippen molar-refractivity contribution in [3.8, 4) is 0 Å². The van der Waals surface area contributed by atoms with E-state index >= 15 is 0 Å². The van der Waals surface area contributed by atoms with Crippen molar-refractivity contribution < 1.29 is 10.0 Å². The average molecular weight is 275 g/mol. The number of benzene rings is 1. The van der Waals surface area contributed by atoms with Crippen molar-refractivity contribution in [1.82, 2.24) is 25.9 Å². The molecule has 0 aliphatic rings. The molecular formula is C11H13N7O2. The van der Waals surface area contributed by atoms with Gasteiger partial charge in [0.1, 0.15) is 0 Å². The molecule has 0 saturated heterocycles. The van der Waals surface area contributed by atoms with Gasteiger partial charge in [-0.2, -0.15) is 5.21 Å². The van der Waals surface area contributed by atoms with Crippen LogP contribution in [-0.2, 0) is 0 Å². The summed E-state index contributed by atoms with van der Waals surface area (Å²) in [5.41, 5.74) is 6.31. The number of oxime groups is 1. The number of hydrogen-bond acceptors (Lipinski definition) is 6. The molecule has 0 bridgehead atoms. The van der Waals surface area contributed by atoms with Crippen LogP contribution in [0.2, 0.25) is 0 Å². The van der Waals surface area contributed by atoms with Crippen LogP contribution in [0.3, 0.4) is 0 Å². The number of carbonyl (C=O) groups excluding carboxylic acids is 1. The maximum absolute atomic E-state index is 12.1. The first-order valence-electron chi connectivity index (χ1n) is 5.74. The van der Waals surface area contributed by atoms with Gasteiger partial charge in [0, 0.05) is 11.1 Å². The van der Waals surface area contributed by atoms with E-state index in [0.29, 0.717) is 17.0 Å². The summed E-state index contributed by atoms with van der Waals surface area (Å²) in [7, 11) is 0. The first-order chi connectivity index (χ1) is 9.61. The van der Waals surface area contributed by atoms with Crippen LogP contribution >= 0.6 is 0 Å². The van der Waals surface area contributed by atoms with Crippen LogP contribution in [0.1, 0.15) is 34.7 Å². The Balaban J connectivity index is 2.13. The van der Waals surface area contributed by atoms with Crippen LogP contribution in [0.15, 0.2) is 29.4 Å². The van der Waals surface area contributed by atoms with E-state index < -0.39 is 6.04 Å². The number of nitrogens with zero attached hydrogens (tertiary/aromatic N) is 4. The minimum atomic E-state index is -0.395. The molecule has 1 amide bonds. The molecule has 0 saturated carbocycles. The predicted octanol–water partition coefficient (Wildman–Crippen LogP) is -0.215. The van der Waals surface area contributed by atoms with E-state index in [1.807, 2.05) is 0 Å².